The van der Waals surface area contributed by atoms with Crippen LogP contribution in [0.15, 0.2) is 18.2 Å². The molecule has 2 rings (SSSR count). The average molecular weight is 296 g/mol. The molecule has 7 heteroatoms. The number of benzene rings is 1. The zero-order chi connectivity index (χ0) is 15.6. The summed E-state index contributed by atoms with van der Waals surface area (Å²) in [5.74, 6) is -1.38. The summed E-state index contributed by atoms with van der Waals surface area (Å²) in [5, 5.41) is 21.2. The summed E-state index contributed by atoms with van der Waals surface area (Å²) in [7, 11) is 1.45. The van der Waals surface area contributed by atoms with E-state index in [1.54, 1.807) is 0 Å². The monoisotopic (exact) mass is 296 g/mol. The summed E-state index contributed by atoms with van der Waals surface area (Å²) < 4.78 is 13.3. The number of nitro groups is 1. The molecule has 0 saturated heterocycles. The Morgan fingerprint density at radius 2 is 2.10 bits per heavy atom. The first-order chi connectivity index (χ1) is 9.82. The fourth-order valence-corrected chi connectivity index (χ4v) is 2.75. The van der Waals surface area contributed by atoms with Crippen LogP contribution < -0.4 is 0 Å². The lowest BCUT2D eigenvalue weighted by atomic mass is 10.0. The fourth-order valence-electron chi connectivity index (χ4n) is 2.75. The summed E-state index contributed by atoms with van der Waals surface area (Å²) in [6.07, 6.45) is 2.96. The molecule has 0 aliphatic heterocycles. The molecular formula is C14H17FN2O4. The number of hydrogen-bond donors (Lipinski definition) is 1. The molecule has 0 spiro atoms. The van der Waals surface area contributed by atoms with Crippen molar-refractivity contribution in [3.8, 4) is 0 Å². The highest BCUT2D eigenvalue weighted by molar-refractivity contribution is 5.98. The molecule has 1 aromatic carbocycles. The van der Waals surface area contributed by atoms with Gasteiger partial charge in [0.05, 0.1) is 10.5 Å². The Balaban J connectivity index is 2.22. The van der Waals surface area contributed by atoms with Gasteiger partial charge in [0.25, 0.3) is 11.6 Å². The van der Waals surface area contributed by atoms with Gasteiger partial charge in [0, 0.05) is 19.7 Å². The molecule has 114 valence electrons. The number of amides is 1. The maximum atomic E-state index is 13.3. The van der Waals surface area contributed by atoms with Crippen molar-refractivity contribution in [3.63, 3.8) is 0 Å². The maximum absolute atomic E-state index is 13.3. The first kappa shape index (κ1) is 15.4. The summed E-state index contributed by atoms with van der Waals surface area (Å²) in [5.41, 5.74) is -1.69. The third kappa shape index (κ3) is 3.36. The molecule has 1 amide bonds. The Labute approximate surface area is 121 Å². The molecule has 1 fully saturated rings. The van der Waals surface area contributed by atoms with Crippen LogP contribution in [0.5, 0.6) is 0 Å². The molecule has 1 N–H and O–H groups in total. The van der Waals surface area contributed by atoms with Gasteiger partial charge in [0.1, 0.15) is 11.4 Å². The van der Waals surface area contributed by atoms with Crippen LogP contribution in [0.25, 0.3) is 0 Å². The van der Waals surface area contributed by atoms with Crippen LogP contribution in [0.3, 0.4) is 0 Å². The second-order valence-corrected chi connectivity index (χ2v) is 5.51. The molecule has 21 heavy (non-hydrogen) atoms. The Morgan fingerprint density at radius 3 is 2.67 bits per heavy atom. The molecule has 0 atom stereocenters. The topological polar surface area (TPSA) is 83.7 Å². The zero-order valence-corrected chi connectivity index (χ0v) is 11.7. The van der Waals surface area contributed by atoms with Gasteiger partial charge in [-0.3, -0.25) is 14.9 Å². The van der Waals surface area contributed by atoms with Crippen LogP contribution in [0.1, 0.15) is 36.0 Å². The summed E-state index contributed by atoms with van der Waals surface area (Å²) in [6.45, 7) is 0.0828. The highest BCUT2D eigenvalue weighted by Gasteiger charge is 2.34. The zero-order valence-electron chi connectivity index (χ0n) is 11.7. The first-order valence-electron chi connectivity index (χ1n) is 6.74. The van der Waals surface area contributed by atoms with Crippen molar-refractivity contribution in [1.29, 1.82) is 0 Å². The second-order valence-electron chi connectivity index (χ2n) is 5.51. The van der Waals surface area contributed by atoms with Crippen molar-refractivity contribution in [3.05, 3.63) is 39.7 Å². The number of nitro benzene ring substituents is 1. The van der Waals surface area contributed by atoms with Gasteiger partial charge in [-0.25, -0.2) is 4.39 Å². The van der Waals surface area contributed by atoms with Crippen LogP contribution >= 0.6 is 0 Å². The van der Waals surface area contributed by atoms with Gasteiger partial charge in [-0.15, -0.1) is 0 Å². The van der Waals surface area contributed by atoms with Crippen LogP contribution in [0.4, 0.5) is 10.1 Å². The predicted octanol–water partition coefficient (Wildman–Crippen LogP) is 2.11. The minimum atomic E-state index is -0.952. The van der Waals surface area contributed by atoms with E-state index in [0.29, 0.717) is 12.8 Å². The molecule has 1 saturated carbocycles. The van der Waals surface area contributed by atoms with E-state index in [1.807, 2.05) is 0 Å². The van der Waals surface area contributed by atoms with Gasteiger partial charge >= 0.3 is 0 Å². The van der Waals surface area contributed by atoms with Gasteiger partial charge in [-0.05, 0) is 25.0 Å². The number of rotatable bonds is 4. The number of carbonyl (C=O) groups is 1. The molecule has 1 aliphatic carbocycles. The van der Waals surface area contributed by atoms with Gasteiger partial charge in [0.15, 0.2) is 0 Å². The van der Waals surface area contributed by atoms with Gasteiger partial charge < -0.3 is 10.0 Å². The maximum Gasteiger partial charge on any atom is 0.282 e. The number of aliphatic hydroxyl groups is 1. The van der Waals surface area contributed by atoms with Crippen LogP contribution in [0.2, 0.25) is 0 Å². The lowest BCUT2D eigenvalue weighted by Crippen LogP contribution is -2.42. The lowest BCUT2D eigenvalue weighted by Gasteiger charge is -2.28. The van der Waals surface area contributed by atoms with E-state index in [1.165, 1.54) is 11.9 Å². The van der Waals surface area contributed by atoms with E-state index >= 15 is 0 Å². The van der Waals surface area contributed by atoms with Crippen molar-refractivity contribution >= 4 is 11.6 Å². The quantitative estimate of drug-likeness (QED) is 0.681. The standard InChI is InChI=1S/C14H17FN2O4/c1-16(9-14(19)6-2-3-7-14)13(18)11-8-10(15)4-5-12(11)17(20)21/h4-5,8,19H,2-3,6-7,9H2,1H3. The van der Waals surface area contributed by atoms with E-state index in [-0.39, 0.29) is 12.1 Å². The third-order valence-corrected chi connectivity index (χ3v) is 3.80. The lowest BCUT2D eigenvalue weighted by molar-refractivity contribution is -0.385. The highest BCUT2D eigenvalue weighted by atomic mass is 19.1. The summed E-state index contributed by atoms with van der Waals surface area (Å²) >= 11 is 0. The molecular weight excluding hydrogens is 279 g/mol. The Hall–Kier alpha value is -2.02. The number of hydrogen-bond acceptors (Lipinski definition) is 4. The van der Waals surface area contributed by atoms with E-state index in [4.69, 9.17) is 0 Å². The SMILES string of the molecule is CN(CC1(O)CCCC1)C(=O)c1cc(F)ccc1[N+](=O)[O-]. The predicted molar refractivity (Wildman–Crippen MR) is 73.4 cm³/mol. The normalized spacial score (nSPS) is 16.7. The van der Waals surface area contributed by atoms with Gasteiger partial charge in [0.2, 0.25) is 0 Å². The van der Waals surface area contributed by atoms with Crippen molar-refractivity contribution in [1.82, 2.24) is 4.90 Å². The number of likely N-dealkylation sites (N-methyl/N-ethyl adjacent to an activating group) is 1. The van der Waals surface area contributed by atoms with Crippen molar-refractivity contribution in [2.45, 2.75) is 31.3 Å². The van der Waals surface area contributed by atoms with E-state index in [9.17, 15) is 24.4 Å². The first-order valence-corrected chi connectivity index (χ1v) is 6.74. The largest absolute Gasteiger partial charge is 0.388 e. The third-order valence-electron chi connectivity index (χ3n) is 3.80. The molecule has 0 bridgehead atoms. The van der Waals surface area contributed by atoms with Crippen molar-refractivity contribution in [2.75, 3.05) is 13.6 Å². The van der Waals surface area contributed by atoms with Gasteiger partial charge in [-0.2, -0.15) is 0 Å². The molecule has 0 unspecified atom stereocenters. The minimum Gasteiger partial charge on any atom is -0.388 e. The van der Waals surface area contributed by atoms with E-state index in [2.05, 4.69) is 0 Å². The summed E-state index contributed by atoms with van der Waals surface area (Å²) in [6, 6.07) is 2.77. The van der Waals surface area contributed by atoms with Crippen molar-refractivity contribution in [2.24, 2.45) is 0 Å². The number of carbonyl (C=O) groups excluding carboxylic acids is 1. The second kappa shape index (κ2) is 5.77. The molecule has 0 heterocycles. The smallest absolute Gasteiger partial charge is 0.282 e. The van der Waals surface area contributed by atoms with Crippen LogP contribution in [-0.4, -0.2) is 40.0 Å². The average Bonchev–Trinajstić information content (AvgIpc) is 2.83. The Morgan fingerprint density at radius 1 is 1.48 bits per heavy atom. The minimum absolute atomic E-state index is 0.0828. The molecule has 1 aliphatic rings. The Kier molecular flexibility index (Phi) is 4.22. The molecule has 0 aromatic heterocycles. The number of halogens is 1. The van der Waals surface area contributed by atoms with E-state index in [0.717, 1.165) is 31.0 Å². The van der Waals surface area contributed by atoms with Crippen molar-refractivity contribution < 1.29 is 19.2 Å². The Bertz CT molecular complexity index is 570. The van der Waals surface area contributed by atoms with Gasteiger partial charge in [-0.1, -0.05) is 12.8 Å². The molecule has 0 radical (unpaired) electrons. The fraction of sp³-hybridized carbons (Fsp3) is 0.500. The van der Waals surface area contributed by atoms with Crippen LogP contribution in [-0.2, 0) is 0 Å². The molecule has 6 nitrogen and oxygen atoms in total. The van der Waals surface area contributed by atoms with E-state index < -0.39 is 27.9 Å². The number of nitrogens with zero attached hydrogens (tertiary/aromatic N) is 2. The highest BCUT2D eigenvalue weighted by Crippen LogP contribution is 2.30. The van der Waals surface area contributed by atoms with Crippen LogP contribution in [0, 0.1) is 15.9 Å². The summed E-state index contributed by atoms with van der Waals surface area (Å²) in [4.78, 5) is 23.7. The molecule has 1 aromatic rings.